The number of hydrogen-bond donors (Lipinski definition) is 1. The molecular formula is C13H10ClFN2O. The summed E-state index contributed by atoms with van der Waals surface area (Å²) in [7, 11) is 0. The van der Waals surface area contributed by atoms with Crippen LogP contribution in [0.4, 0.5) is 10.1 Å². The number of aromatic nitrogens is 1. The molecule has 1 heterocycles. The van der Waals surface area contributed by atoms with Gasteiger partial charge in [0.1, 0.15) is 11.5 Å². The largest absolute Gasteiger partial charge is 0.397 e. The summed E-state index contributed by atoms with van der Waals surface area (Å²) in [6.45, 7) is 0. The van der Waals surface area contributed by atoms with E-state index in [1.807, 2.05) is 0 Å². The Kier molecular flexibility index (Phi) is 3.58. The Morgan fingerprint density at radius 3 is 2.72 bits per heavy atom. The van der Waals surface area contributed by atoms with E-state index in [1.54, 1.807) is 12.1 Å². The minimum Gasteiger partial charge on any atom is -0.397 e. The number of Topliss-reactive ketones (excluding diaryl/α,β-unsaturated/α-hetero) is 1. The molecule has 0 amide bonds. The van der Waals surface area contributed by atoms with Crippen molar-refractivity contribution in [1.82, 2.24) is 4.98 Å². The zero-order chi connectivity index (χ0) is 13.1. The minimum atomic E-state index is -0.494. The first-order valence-corrected chi connectivity index (χ1v) is 5.63. The van der Waals surface area contributed by atoms with Crippen LogP contribution in [0, 0.1) is 5.82 Å². The number of nitrogens with zero attached hydrogens (tertiary/aromatic N) is 1. The third-order valence-electron chi connectivity index (χ3n) is 2.47. The first-order chi connectivity index (χ1) is 8.58. The standard InChI is InChI=1S/C13H10ClFN2O/c14-10-2-1-3-11(15)9(10)6-13(18)12-5-4-8(16)7-17-12/h1-5,7H,6,16H2. The Morgan fingerprint density at radius 2 is 2.11 bits per heavy atom. The molecule has 2 aromatic rings. The monoisotopic (exact) mass is 264 g/mol. The van der Waals surface area contributed by atoms with E-state index in [-0.39, 0.29) is 28.5 Å². The van der Waals surface area contributed by atoms with Crippen LogP contribution in [-0.2, 0) is 6.42 Å². The number of rotatable bonds is 3. The number of anilines is 1. The van der Waals surface area contributed by atoms with Crippen molar-refractivity contribution in [2.45, 2.75) is 6.42 Å². The Hall–Kier alpha value is -1.94. The molecule has 92 valence electrons. The number of ketones is 1. The fourth-order valence-electron chi connectivity index (χ4n) is 1.52. The molecule has 18 heavy (non-hydrogen) atoms. The highest BCUT2D eigenvalue weighted by Crippen LogP contribution is 2.20. The van der Waals surface area contributed by atoms with Crippen LogP contribution in [0.5, 0.6) is 0 Å². The molecular weight excluding hydrogens is 255 g/mol. The maximum atomic E-state index is 13.5. The average molecular weight is 265 g/mol. The number of carbonyl (C=O) groups excluding carboxylic acids is 1. The zero-order valence-electron chi connectivity index (χ0n) is 9.36. The lowest BCUT2D eigenvalue weighted by molar-refractivity contribution is 0.0987. The lowest BCUT2D eigenvalue weighted by Gasteiger charge is -2.05. The molecule has 0 atom stereocenters. The normalized spacial score (nSPS) is 10.3. The summed E-state index contributed by atoms with van der Waals surface area (Å²) in [5.41, 5.74) is 6.36. The van der Waals surface area contributed by atoms with E-state index in [4.69, 9.17) is 17.3 Å². The Labute approximate surface area is 108 Å². The van der Waals surface area contributed by atoms with Gasteiger partial charge in [0.05, 0.1) is 11.9 Å². The fraction of sp³-hybridized carbons (Fsp3) is 0.0769. The van der Waals surface area contributed by atoms with Gasteiger partial charge >= 0.3 is 0 Å². The van der Waals surface area contributed by atoms with Crippen molar-refractivity contribution < 1.29 is 9.18 Å². The van der Waals surface area contributed by atoms with E-state index in [2.05, 4.69) is 4.98 Å². The number of nitrogen functional groups attached to an aromatic ring is 1. The van der Waals surface area contributed by atoms with Crippen molar-refractivity contribution in [1.29, 1.82) is 0 Å². The van der Waals surface area contributed by atoms with Gasteiger partial charge in [0, 0.05) is 17.0 Å². The topological polar surface area (TPSA) is 56.0 Å². The number of carbonyl (C=O) groups is 1. The first-order valence-electron chi connectivity index (χ1n) is 5.25. The number of halogens is 2. The van der Waals surface area contributed by atoms with Gasteiger partial charge < -0.3 is 5.73 Å². The third-order valence-corrected chi connectivity index (χ3v) is 2.83. The molecule has 2 N–H and O–H groups in total. The summed E-state index contributed by atoms with van der Waals surface area (Å²) in [4.78, 5) is 15.8. The van der Waals surface area contributed by atoms with Gasteiger partial charge in [0.25, 0.3) is 0 Å². The van der Waals surface area contributed by atoms with Crippen LogP contribution in [0.15, 0.2) is 36.5 Å². The van der Waals surface area contributed by atoms with Gasteiger partial charge in [0.15, 0.2) is 5.78 Å². The molecule has 0 aliphatic carbocycles. The van der Waals surface area contributed by atoms with Crippen LogP contribution in [0.1, 0.15) is 16.1 Å². The molecule has 0 saturated heterocycles. The Balaban J connectivity index is 2.24. The SMILES string of the molecule is Nc1ccc(C(=O)Cc2c(F)cccc2Cl)nc1. The summed E-state index contributed by atoms with van der Waals surface area (Å²) in [5, 5.41) is 0.235. The summed E-state index contributed by atoms with van der Waals surface area (Å²) in [5.74, 6) is -0.798. The second-order valence-corrected chi connectivity index (χ2v) is 4.18. The molecule has 0 aliphatic rings. The van der Waals surface area contributed by atoms with Crippen LogP contribution < -0.4 is 5.73 Å². The lowest BCUT2D eigenvalue weighted by Crippen LogP contribution is -2.08. The average Bonchev–Trinajstić information content (AvgIpc) is 2.34. The highest BCUT2D eigenvalue weighted by molar-refractivity contribution is 6.31. The second-order valence-electron chi connectivity index (χ2n) is 3.78. The Morgan fingerprint density at radius 1 is 1.33 bits per heavy atom. The molecule has 0 unspecified atom stereocenters. The van der Waals surface area contributed by atoms with Crippen LogP contribution >= 0.6 is 11.6 Å². The van der Waals surface area contributed by atoms with E-state index in [1.165, 1.54) is 24.4 Å². The van der Waals surface area contributed by atoms with Gasteiger partial charge in [-0.15, -0.1) is 0 Å². The lowest BCUT2D eigenvalue weighted by atomic mass is 10.1. The van der Waals surface area contributed by atoms with Gasteiger partial charge in [-0.25, -0.2) is 4.39 Å². The Bertz CT molecular complexity index is 564. The highest BCUT2D eigenvalue weighted by atomic mass is 35.5. The van der Waals surface area contributed by atoms with Crippen molar-refractivity contribution in [3.05, 3.63) is 58.6 Å². The summed E-state index contributed by atoms with van der Waals surface area (Å²) >= 11 is 5.85. The van der Waals surface area contributed by atoms with Gasteiger partial charge in [-0.05, 0) is 24.3 Å². The number of hydrogen-bond acceptors (Lipinski definition) is 3. The van der Waals surface area contributed by atoms with Crippen LogP contribution in [-0.4, -0.2) is 10.8 Å². The van der Waals surface area contributed by atoms with Crippen molar-refractivity contribution >= 4 is 23.1 Å². The quantitative estimate of drug-likeness (QED) is 0.868. The predicted molar refractivity (Wildman–Crippen MR) is 68.1 cm³/mol. The van der Waals surface area contributed by atoms with Crippen molar-refractivity contribution in [2.24, 2.45) is 0 Å². The number of benzene rings is 1. The van der Waals surface area contributed by atoms with Crippen molar-refractivity contribution in [3.8, 4) is 0 Å². The van der Waals surface area contributed by atoms with Crippen LogP contribution in [0.2, 0.25) is 5.02 Å². The molecule has 0 aliphatic heterocycles. The summed E-state index contributed by atoms with van der Waals surface area (Å²) in [6, 6.07) is 7.39. The number of nitrogens with two attached hydrogens (primary N) is 1. The number of pyridine rings is 1. The van der Waals surface area contributed by atoms with Gasteiger partial charge in [-0.1, -0.05) is 17.7 Å². The van der Waals surface area contributed by atoms with Gasteiger partial charge in [-0.3, -0.25) is 9.78 Å². The van der Waals surface area contributed by atoms with Crippen molar-refractivity contribution in [2.75, 3.05) is 5.73 Å². The molecule has 2 rings (SSSR count). The van der Waals surface area contributed by atoms with E-state index < -0.39 is 5.82 Å². The molecule has 3 nitrogen and oxygen atoms in total. The molecule has 0 fully saturated rings. The van der Waals surface area contributed by atoms with E-state index >= 15 is 0 Å². The molecule has 5 heteroatoms. The van der Waals surface area contributed by atoms with Gasteiger partial charge in [-0.2, -0.15) is 0 Å². The maximum Gasteiger partial charge on any atom is 0.185 e. The molecule has 0 spiro atoms. The smallest absolute Gasteiger partial charge is 0.185 e. The van der Waals surface area contributed by atoms with E-state index in [0.29, 0.717) is 5.69 Å². The zero-order valence-corrected chi connectivity index (χ0v) is 10.1. The first kappa shape index (κ1) is 12.5. The van der Waals surface area contributed by atoms with E-state index in [9.17, 15) is 9.18 Å². The van der Waals surface area contributed by atoms with Crippen LogP contribution in [0.3, 0.4) is 0 Å². The molecule has 1 aromatic carbocycles. The van der Waals surface area contributed by atoms with E-state index in [0.717, 1.165) is 0 Å². The van der Waals surface area contributed by atoms with Crippen LogP contribution in [0.25, 0.3) is 0 Å². The molecule has 1 aromatic heterocycles. The molecule has 0 radical (unpaired) electrons. The minimum absolute atomic E-state index is 0.123. The van der Waals surface area contributed by atoms with Crippen molar-refractivity contribution in [3.63, 3.8) is 0 Å². The summed E-state index contributed by atoms with van der Waals surface area (Å²) in [6.07, 6.45) is 1.26. The highest BCUT2D eigenvalue weighted by Gasteiger charge is 2.14. The summed E-state index contributed by atoms with van der Waals surface area (Å²) < 4.78 is 13.5. The predicted octanol–water partition coefficient (Wildman–Crippen LogP) is 2.88. The third kappa shape index (κ3) is 2.65. The molecule has 0 saturated carbocycles. The second kappa shape index (κ2) is 5.14. The molecule has 0 bridgehead atoms. The van der Waals surface area contributed by atoms with Gasteiger partial charge in [0.2, 0.25) is 0 Å². The fourth-order valence-corrected chi connectivity index (χ4v) is 1.75. The maximum absolute atomic E-state index is 13.5.